The van der Waals surface area contributed by atoms with Crippen molar-refractivity contribution in [3.8, 4) is 11.5 Å². The molecule has 0 fully saturated rings. The molecular weight excluding hydrogens is 520 g/mol. The van der Waals surface area contributed by atoms with Crippen molar-refractivity contribution < 1.29 is 19.1 Å². The zero-order valence-corrected chi connectivity index (χ0v) is 21.3. The van der Waals surface area contributed by atoms with Crippen molar-refractivity contribution in [1.82, 2.24) is 5.43 Å². The number of hydrazone groups is 1. The van der Waals surface area contributed by atoms with Gasteiger partial charge in [-0.2, -0.15) is 5.10 Å². The lowest BCUT2D eigenvalue weighted by molar-refractivity contribution is -0.123. The van der Waals surface area contributed by atoms with Crippen LogP contribution in [-0.2, 0) is 4.79 Å². The van der Waals surface area contributed by atoms with Gasteiger partial charge in [-0.25, -0.2) is 10.2 Å². The first-order chi connectivity index (χ1) is 16.2. The maximum Gasteiger partial charge on any atom is 0.345 e. The number of carbonyl (C=O) groups is 2. The number of carbonyl (C=O) groups excluding carboxylic acids is 2. The number of esters is 1. The molecule has 34 heavy (non-hydrogen) atoms. The number of ether oxygens (including phenoxy) is 2. The Labute approximate surface area is 212 Å². The van der Waals surface area contributed by atoms with Gasteiger partial charge in [-0.05, 0) is 60.4 Å². The van der Waals surface area contributed by atoms with Gasteiger partial charge in [0.25, 0.3) is 5.91 Å². The number of hydrogen-bond donors (Lipinski definition) is 1. The van der Waals surface area contributed by atoms with Crippen molar-refractivity contribution >= 4 is 45.6 Å². The van der Waals surface area contributed by atoms with E-state index in [0.717, 1.165) is 15.6 Å². The quantitative estimate of drug-likeness (QED) is 0.157. The molecule has 3 aromatic rings. The van der Waals surface area contributed by atoms with E-state index < -0.39 is 11.9 Å². The molecule has 0 radical (unpaired) electrons. The van der Waals surface area contributed by atoms with Crippen molar-refractivity contribution in [2.45, 2.75) is 26.7 Å². The van der Waals surface area contributed by atoms with Gasteiger partial charge in [0.2, 0.25) is 0 Å². The van der Waals surface area contributed by atoms with Gasteiger partial charge in [0.15, 0.2) is 6.61 Å². The Hall–Kier alpha value is -3.16. The van der Waals surface area contributed by atoms with Gasteiger partial charge in [-0.3, -0.25) is 4.79 Å². The first-order valence-electron chi connectivity index (χ1n) is 10.6. The molecule has 1 amide bonds. The Morgan fingerprint density at radius 1 is 1.09 bits per heavy atom. The molecule has 3 rings (SSSR count). The summed E-state index contributed by atoms with van der Waals surface area (Å²) >= 11 is 9.47. The van der Waals surface area contributed by atoms with E-state index in [1.807, 2.05) is 25.1 Å². The number of hydrogen-bond acceptors (Lipinski definition) is 5. The summed E-state index contributed by atoms with van der Waals surface area (Å²) in [5.74, 6) is 0.261. The highest BCUT2D eigenvalue weighted by molar-refractivity contribution is 9.10. The first kappa shape index (κ1) is 25.5. The van der Waals surface area contributed by atoms with E-state index in [0.29, 0.717) is 22.3 Å². The molecule has 3 aromatic carbocycles. The number of benzene rings is 3. The maximum absolute atomic E-state index is 12.5. The molecular formula is C26H24BrClN2O4. The van der Waals surface area contributed by atoms with E-state index in [2.05, 4.69) is 40.3 Å². The molecule has 1 N–H and O–H groups in total. The van der Waals surface area contributed by atoms with Crippen LogP contribution in [0.25, 0.3) is 0 Å². The number of rotatable bonds is 8. The molecule has 0 spiro atoms. The van der Waals surface area contributed by atoms with Crippen molar-refractivity contribution in [2.75, 3.05) is 6.61 Å². The monoisotopic (exact) mass is 542 g/mol. The Kier molecular flexibility index (Phi) is 8.85. The van der Waals surface area contributed by atoms with Crippen molar-refractivity contribution in [1.29, 1.82) is 0 Å². The molecule has 0 aliphatic heterocycles. The van der Waals surface area contributed by atoms with Crippen LogP contribution in [0.3, 0.4) is 0 Å². The third-order valence-electron chi connectivity index (χ3n) is 4.90. The van der Waals surface area contributed by atoms with Crippen molar-refractivity contribution in [3.63, 3.8) is 0 Å². The van der Waals surface area contributed by atoms with Crippen LogP contribution in [0.2, 0.25) is 5.02 Å². The second kappa shape index (κ2) is 11.8. The Morgan fingerprint density at radius 3 is 2.59 bits per heavy atom. The molecule has 0 aliphatic rings. The summed E-state index contributed by atoms with van der Waals surface area (Å²) in [4.78, 5) is 24.7. The lowest BCUT2D eigenvalue weighted by Crippen LogP contribution is -2.24. The summed E-state index contributed by atoms with van der Waals surface area (Å²) in [5, 5.41) is 4.27. The normalized spacial score (nSPS) is 11.0. The van der Waals surface area contributed by atoms with Crippen LogP contribution >= 0.6 is 27.5 Å². The molecule has 0 aliphatic carbocycles. The highest BCUT2D eigenvalue weighted by atomic mass is 79.9. The zero-order valence-electron chi connectivity index (χ0n) is 19.0. The fourth-order valence-corrected chi connectivity index (χ4v) is 3.57. The molecule has 0 unspecified atom stereocenters. The maximum atomic E-state index is 12.5. The Bertz CT molecular complexity index is 1230. The molecule has 0 heterocycles. The standard InChI is InChI=1S/C26H24BrClN2O4/c1-16(2)18-9-8-17(3)24(13-18)33-15-25(31)30-29-14-19-12-20(27)10-11-23(19)34-26(32)21-6-4-5-7-22(21)28/h4-14,16H,15H2,1-3H3,(H,30,31)/b29-14+. The van der Waals surface area contributed by atoms with Gasteiger partial charge in [0.1, 0.15) is 11.5 Å². The summed E-state index contributed by atoms with van der Waals surface area (Å²) in [5.41, 5.74) is 5.23. The number of amides is 1. The molecule has 176 valence electrons. The number of aryl methyl sites for hydroxylation is 1. The summed E-state index contributed by atoms with van der Waals surface area (Å²) < 4.78 is 11.9. The summed E-state index contributed by atoms with van der Waals surface area (Å²) in [6.07, 6.45) is 1.39. The van der Waals surface area contributed by atoms with Crippen molar-refractivity contribution in [3.05, 3.63) is 92.4 Å². The van der Waals surface area contributed by atoms with Gasteiger partial charge in [-0.15, -0.1) is 0 Å². The van der Waals surface area contributed by atoms with Gasteiger partial charge in [0.05, 0.1) is 16.8 Å². The number of nitrogens with one attached hydrogen (secondary N) is 1. The van der Waals surface area contributed by atoms with E-state index >= 15 is 0 Å². The van der Waals surface area contributed by atoms with Gasteiger partial charge >= 0.3 is 5.97 Å². The lowest BCUT2D eigenvalue weighted by Gasteiger charge is -2.12. The second-order valence-corrected chi connectivity index (χ2v) is 9.14. The average Bonchev–Trinajstić information content (AvgIpc) is 2.80. The SMILES string of the molecule is Cc1ccc(C(C)C)cc1OCC(=O)N/N=C/c1cc(Br)ccc1OC(=O)c1ccccc1Cl. The molecule has 8 heteroatoms. The van der Waals surface area contributed by atoms with Crippen LogP contribution in [0.1, 0.15) is 46.8 Å². The van der Waals surface area contributed by atoms with Gasteiger partial charge < -0.3 is 9.47 Å². The second-order valence-electron chi connectivity index (χ2n) is 7.81. The minimum atomic E-state index is -0.598. The largest absolute Gasteiger partial charge is 0.483 e. The Morgan fingerprint density at radius 2 is 1.85 bits per heavy atom. The topological polar surface area (TPSA) is 77.0 Å². The molecule has 0 bridgehead atoms. The molecule has 0 saturated heterocycles. The molecule has 0 atom stereocenters. The van der Waals surface area contributed by atoms with Gasteiger partial charge in [-0.1, -0.05) is 65.6 Å². The van der Waals surface area contributed by atoms with Crippen LogP contribution in [-0.4, -0.2) is 24.7 Å². The van der Waals surface area contributed by atoms with Crippen LogP contribution in [0.4, 0.5) is 0 Å². The predicted molar refractivity (Wildman–Crippen MR) is 137 cm³/mol. The van der Waals surface area contributed by atoms with Crippen LogP contribution in [0.5, 0.6) is 11.5 Å². The predicted octanol–water partition coefficient (Wildman–Crippen LogP) is 6.28. The van der Waals surface area contributed by atoms with Crippen LogP contribution in [0.15, 0.2) is 70.2 Å². The molecule has 0 aromatic heterocycles. The fraction of sp³-hybridized carbons (Fsp3) is 0.192. The molecule has 6 nitrogen and oxygen atoms in total. The highest BCUT2D eigenvalue weighted by Crippen LogP contribution is 2.25. The van der Waals surface area contributed by atoms with E-state index in [-0.39, 0.29) is 17.9 Å². The summed E-state index contributed by atoms with van der Waals surface area (Å²) in [6, 6.07) is 17.6. The summed E-state index contributed by atoms with van der Waals surface area (Å²) in [6.45, 7) is 5.93. The van der Waals surface area contributed by atoms with Crippen LogP contribution in [0, 0.1) is 6.92 Å². The van der Waals surface area contributed by atoms with E-state index in [9.17, 15) is 9.59 Å². The number of halogens is 2. The third-order valence-corrected chi connectivity index (χ3v) is 5.72. The van der Waals surface area contributed by atoms with E-state index in [4.69, 9.17) is 21.1 Å². The van der Waals surface area contributed by atoms with E-state index in [1.165, 1.54) is 6.21 Å². The minimum Gasteiger partial charge on any atom is -0.483 e. The van der Waals surface area contributed by atoms with E-state index in [1.54, 1.807) is 42.5 Å². The average molecular weight is 544 g/mol. The fourth-order valence-electron chi connectivity index (χ4n) is 2.98. The lowest BCUT2D eigenvalue weighted by atomic mass is 10.0. The first-order valence-corrected chi connectivity index (χ1v) is 11.7. The van der Waals surface area contributed by atoms with Crippen molar-refractivity contribution in [2.24, 2.45) is 5.10 Å². The zero-order chi connectivity index (χ0) is 24.7. The summed E-state index contributed by atoms with van der Waals surface area (Å²) in [7, 11) is 0. The minimum absolute atomic E-state index is 0.188. The Balaban J connectivity index is 1.64. The van der Waals surface area contributed by atoms with Gasteiger partial charge in [0, 0.05) is 10.0 Å². The smallest absolute Gasteiger partial charge is 0.345 e. The molecule has 0 saturated carbocycles. The van der Waals surface area contributed by atoms with Crippen LogP contribution < -0.4 is 14.9 Å². The third kappa shape index (κ3) is 6.92. The highest BCUT2D eigenvalue weighted by Gasteiger charge is 2.14. The number of nitrogens with zero attached hydrogens (tertiary/aromatic N) is 1.